The van der Waals surface area contributed by atoms with E-state index in [0.717, 1.165) is 6.42 Å². The first-order chi connectivity index (χ1) is 8.87. The lowest BCUT2D eigenvalue weighted by atomic mass is 9.93. The number of methoxy groups -OCH3 is 2. The minimum absolute atomic E-state index is 0.221. The van der Waals surface area contributed by atoms with Gasteiger partial charge in [0.2, 0.25) is 0 Å². The minimum Gasteiger partial charge on any atom is -0.493 e. The highest BCUT2D eigenvalue weighted by atomic mass is 16.5. The average molecular weight is 266 g/mol. The molecule has 1 rings (SSSR count). The third-order valence-electron chi connectivity index (χ3n) is 2.69. The first-order valence-electron chi connectivity index (χ1n) is 6.26. The molecule has 0 fully saturated rings. The maximum Gasteiger partial charge on any atom is 0.337 e. The van der Waals surface area contributed by atoms with E-state index < -0.39 is 0 Å². The highest BCUT2D eigenvalue weighted by Gasteiger charge is 2.13. The summed E-state index contributed by atoms with van der Waals surface area (Å²) in [4.78, 5) is 11.4. The van der Waals surface area contributed by atoms with Crippen LogP contribution in [0, 0.1) is 5.41 Å². The highest BCUT2D eigenvalue weighted by Crippen LogP contribution is 2.29. The zero-order chi connectivity index (χ0) is 14.5. The van der Waals surface area contributed by atoms with Crippen molar-refractivity contribution >= 4 is 5.97 Å². The van der Waals surface area contributed by atoms with Gasteiger partial charge in [0.25, 0.3) is 0 Å². The molecule has 1 aromatic carbocycles. The third-order valence-corrected chi connectivity index (χ3v) is 2.69. The second-order valence-electron chi connectivity index (χ2n) is 5.52. The normalized spacial score (nSPS) is 11.0. The van der Waals surface area contributed by atoms with Crippen LogP contribution in [0.3, 0.4) is 0 Å². The van der Waals surface area contributed by atoms with Crippen LogP contribution >= 0.6 is 0 Å². The Hall–Kier alpha value is -1.71. The fourth-order valence-corrected chi connectivity index (χ4v) is 1.50. The predicted octanol–water partition coefficient (Wildman–Crippen LogP) is 3.30. The molecule has 0 saturated carbocycles. The summed E-state index contributed by atoms with van der Waals surface area (Å²) in [7, 11) is 2.90. The highest BCUT2D eigenvalue weighted by molar-refractivity contribution is 5.90. The van der Waals surface area contributed by atoms with Crippen molar-refractivity contribution in [2.24, 2.45) is 5.41 Å². The fraction of sp³-hybridized carbons (Fsp3) is 0.533. The molecule has 0 spiro atoms. The number of esters is 1. The second-order valence-corrected chi connectivity index (χ2v) is 5.52. The second kappa shape index (κ2) is 6.45. The molecular formula is C15H22O4. The molecule has 1 aromatic rings. The van der Waals surface area contributed by atoms with E-state index in [1.807, 2.05) is 0 Å². The molecule has 4 nitrogen and oxygen atoms in total. The average Bonchev–Trinajstić information content (AvgIpc) is 2.36. The van der Waals surface area contributed by atoms with Crippen LogP contribution in [0.5, 0.6) is 11.5 Å². The van der Waals surface area contributed by atoms with Gasteiger partial charge in [-0.2, -0.15) is 0 Å². The van der Waals surface area contributed by atoms with Crippen LogP contribution in [0.4, 0.5) is 0 Å². The summed E-state index contributed by atoms with van der Waals surface area (Å²) >= 11 is 0. The van der Waals surface area contributed by atoms with Gasteiger partial charge in [-0.15, -0.1) is 0 Å². The molecule has 0 aromatic heterocycles. The van der Waals surface area contributed by atoms with Crippen molar-refractivity contribution in [1.29, 1.82) is 0 Å². The number of benzene rings is 1. The topological polar surface area (TPSA) is 44.8 Å². The van der Waals surface area contributed by atoms with E-state index >= 15 is 0 Å². The van der Waals surface area contributed by atoms with Gasteiger partial charge in [0, 0.05) is 0 Å². The van der Waals surface area contributed by atoms with Crippen molar-refractivity contribution < 1.29 is 19.0 Å². The third kappa shape index (κ3) is 4.81. The summed E-state index contributed by atoms with van der Waals surface area (Å²) in [6, 6.07) is 5.02. The zero-order valence-corrected chi connectivity index (χ0v) is 12.3. The van der Waals surface area contributed by atoms with Crippen LogP contribution < -0.4 is 9.47 Å². The van der Waals surface area contributed by atoms with E-state index in [4.69, 9.17) is 9.47 Å². The first-order valence-corrected chi connectivity index (χ1v) is 6.26. The number of carbonyl (C=O) groups excluding carboxylic acids is 1. The van der Waals surface area contributed by atoms with Gasteiger partial charge in [-0.05, 0) is 30.0 Å². The van der Waals surface area contributed by atoms with Gasteiger partial charge in [0.15, 0.2) is 11.5 Å². The Bertz CT molecular complexity index is 432. The predicted molar refractivity (Wildman–Crippen MR) is 73.9 cm³/mol. The number of hydrogen-bond donors (Lipinski definition) is 0. The van der Waals surface area contributed by atoms with Gasteiger partial charge < -0.3 is 14.2 Å². The molecule has 0 radical (unpaired) electrons. The van der Waals surface area contributed by atoms with Crippen molar-refractivity contribution in [2.45, 2.75) is 27.2 Å². The summed E-state index contributed by atoms with van der Waals surface area (Å²) < 4.78 is 15.6. The van der Waals surface area contributed by atoms with Gasteiger partial charge in [-0.1, -0.05) is 20.8 Å². The van der Waals surface area contributed by atoms with E-state index in [1.54, 1.807) is 25.3 Å². The monoisotopic (exact) mass is 266 g/mol. The van der Waals surface area contributed by atoms with Gasteiger partial charge >= 0.3 is 5.97 Å². The number of carbonyl (C=O) groups is 1. The number of rotatable bonds is 5. The first kappa shape index (κ1) is 15.3. The fourth-order valence-electron chi connectivity index (χ4n) is 1.50. The lowest BCUT2D eigenvalue weighted by molar-refractivity contribution is 0.0600. The van der Waals surface area contributed by atoms with Crippen molar-refractivity contribution in [3.05, 3.63) is 23.8 Å². The van der Waals surface area contributed by atoms with Crippen molar-refractivity contribution in [3.63, 3.8) is 0 Å². The van der Waals surface area contributed by atoms with Crippen molar-refractivity contribution in [1.82, 2.24) is 0 Å². The van der Waals surface area contributed by atoms with E-state index in [0.29, 0.717) is 23.7 Å². The molecule has 0 aliphatic heterocycles. The molecule has 106 valence electrons. The number of ether oxygens (including phenoxy) is 3. The van der Waals surface area contributed by atoms with E-state index in [-0.39, 0.29) is 11.4 Å². The molecular weight excluding hydrogens is 244 g/mol. The molecule has 4 heteroatoms. The molecule has 0 atom stereocenters. The molecule has 0 bridgehead atoms. The number of hydrogen-bond acceptors (Lipinski definition) is 4. The van der Waals surface area contributed by atoms with Gasteiger partial charge in [-0.25, -0.2) is 4.79 Å². The quantitative estimate of drug-likeness (QED) is 0.767. The molecule has 0 saturated heterocycles. The summed E-state index contributed by atoms with van der Waals surface area (Å²) in [6.45, 7) is 7.09. The maximum atomic E-state index is 11.4. The van der Waals surface area contributed by atoms with Gasteiger partial charge in [0.1, 0.15) is 0 Å². The standard InChI is InChI=1S/C15H22O4/c1-15(2,3)8-9-19-12-7-6-11(14(16)18-5)10-13(12)17-4/h6-7,10H,8-9H2,1-5H3. The molecule has 0 N–H and O–H groups in total. The van der Waals surface area contributed by atoms with Crippen LogP contribution in [0.25, 0.3) is 0 Å². The van der Waals surface area contributed by atoms with E-state index in [9.17, 15) is 4.79 Å². The van der Waals surface area contributed by atoms with Crippen LogP contribution in [-0.4, -0.2) is 26.8 Å². The van der Waals surface area contributed by atoms with Crippen LogP contribution in [-0.2, 0) is 4.74 Å². The van der Waals surface area contributed by atoms with Gasteiger partial charge in [-0.3, -0.25) is 0 Å². The van der Waals surface area contributed by atoms with E-state index in [2.05, 4.69) is 25.5 Å². The Morgan fingerprint density at radius 2 is 1.84 bits per heavy atom. The van der Waals surface area contributed by atoms with Crippen molar-refractivity contribution in [2.75, 3.05) is 20.8 Å². The Morgan fingerprint density at radius 3 is 2.37 bits per heavy atom. The molecule has 0 aliphatic rings. The zero-order valence-electron chi connectivity index (χ0n) is 12.3. The Morgan fingerprint density at radius 1 is 1.16 bits per heavy atom. The van der Waals surface area contributed by atoms with Crippen molar-refractivity contribution in [3.8, 4) is 11.5 Å². The molecule has 0 heterocycles. The van der Waals surface area contributed by atoms with Crippen LogP contribution in [0.1, 0.15) is 37.6 Å². The Labute approximate surface area is 114 Å². The van der Waals surface area contributed by atoms with Crippen LogP contribution in [0.15, 0.2) is 18.2 Å². The van der Waals surface area contributed by atoms with Crippen LogP contribution in [0.2, 0.25) is 0 Å². The smallest absolute Gasteiger partial charge is 0.337 e. The minimum atomic E-state index is -0.389. The molecule has 0 aliphatic carbocycles. The molecule has 0 unspecified atom stereocenters. The summed E-state index contributed by atoms with van der Waals surface area (Å²) in [6.07, 6.45) is 0.939. The van der Waals surface area contributed by atoms with Gasteiger partial charge in [0.05, 0.1) is 26.4 Å². The summed E-state index contributed by atoms with van der Waals surface area (Å²) in [5, 5.41) is 0. The summed E-state index contributed by atoms with van der Waals surface area (Å²) in [5.74, 6) is 0.788. The summed E-state index contributed by atoms with van der Waals surface area (Å²) in [5.41, 5.74) is 0.668. The molecule has 19 heavy (non-hydrogen) atoms. The molecule has 0 amide bonds. The maximum absolute atomic E-state index is 11.4. The lowest BCUT2D eigenvalue weighted by Crippen LogP contribution is -2.11. The SMILES string of the molecule is COC(=O)c1ccc(OCCC(C)(C)C)c(OC)c1. The Balaban J connectivity index is 2.76. The largest absolute Gasteiger partial charge is 0.493 e. The van der Waals surface area contributed by atoms with E-state index in [1.165, 1.54) is 7.11 Å². The Kier molecular flexibility index (Phi) is 5.21. The lowest BCUT2D eigenvalue weighted by Gasteiger charge is -2.19.